The van der Waals surface area contributed by atoms with Gasteiger partial charge in [-0.15, -0.1) is 0 Å². The summed E-state index contributed by atoms with van der Waals surface area (Å²) in [4.78, 5) is 39.6. The van der Waals surface area contributed by atoms with Gasteiger partial charge in [0.15, 0.2) is 0 Å². The zero-order valence-electron chi connectivity index (χ0n) is 35.7. The molecule has 0 aliphatic heterocycles. The predicted molar refractivity (Wildman–Crippen MR) is 241 cm³/mol. The lowest BCUT2D eigenvalue weighted by Gasteiger charge is -2.12. The highest BCUT2D eigenvalue weighted by molar-refractivity contribution is 5.97. The summed E-state index contributed by atoms with van der Waals surface area (Å²) in [5.41, 5.74) is 3.46. The fourth-order valence-corrected chi connectivity index (χ4v) is 5.98. The standard InChI is InChI=1S/C53H54O10/c1-2-3-36-61-53(58)49-39-48(62-51(56)44-24-16-40(17-25-44)12-14-42-20-28-46(29-21-42)59-37-10-6-4-8-34-54)32-33-50(49)63-52(57)45-26-18-41(19-27-45)13-15-43-22-30-47(31-23-43)60-38-11-7-5-9-35-55/h16-33,39,54-55H,2-11,34-38H2,1H3. The summed E-state index contributed by atoms with van der Waals surface area (Å²) in [5.74, 6) is 11.9. The van der Waals surface area contributed by atoms with Crippen LogP contribution in [0.3, 0.4) is 0 Å². The second-order valence-electron chi connectivity index (χ2n) is 14.6. The largest absolute Gasteiger partial charge is 0.494 e. The van der Waals surface area contributed by atoms with Crippen LogP contribution < -0.4 is 18.9 Å². The Morgan fingerprint density at radius 1 is 0.444 bits per heavy atom. The Morgan fingerprint density at radius 3 is 1.30 bits per heavy atom. The van der Waals surface area contributed by atoms with Gasteiger partial charge in [0.25, 0.3) is 0 Å². The van der Waals surface area contributed by atoms with Gasteiger partial charge in [-0.25, -0.2) is 14.4 Å². The number of hydrogen-bond acceptors (Lipinski definition) is 10. The molecule has 63 heavy (non-hydrogen) atoms. The quantitative estimate of drug-likeness (QED) is 0.0300. The van der Waals surface area contributed by atoms with E-state index < -0.39 is 17.9 Å². The number of aliphatic hydroxyl groups is 2. The molecule has 0 aliphatic carbocycles. The summed E-state index contributed by atoms with van der Waals surface area (Å²) in [6.07, 6.45) is 8.96. The third-order valence-electron chi connectivity index (χ3n) is 9.61. The number of benzene rings is 5. The summed E-state index contributed by atoms with van der Waals surface area (Å²) >= 11 is 0. The molecular weight excluding hydrogens is 797 g/mol. The van der Waals surface area contributed by atoms with Crippen molar-refractivity contribution in [3.05, 3.63) is 154 Å². The molecule has 0 aromatic heterocycles. The molecule has 0 aliphatic rings. The lowest BCUT2D eigenvalue weighted by molar-refractivity contribution is 0.0492. The fraction of sp³-hybridized carbons (Fsp3) is 0.302. The van der Waals surface area contributed by atoms with Gasteiger partial charge in [0, 0.05) is 35.5 Å². The minimum absolute atomic E-state index is 0.0466. The number of hydrogen-bond donors (Lipinski definition) is 2. The number of carbonyl (C=O) groups excluding carboxylic acids is 3. The van der Waals surface area contributed by atoms with Crippen LogP contribution in [-0.2, 0) is 4.74 Å². The van der Waals surface area contributed by atoms with E-state index in [0.717, 1.165) is 80.4 Å². The first-order chi connectivity index (χ1) is 30.8. The molecule has 0 bridgehead atoms. The molecule has 0 fully saturated rings. The first-order valence-corrected chi connectivity index (χ1v) is 21.5. The Hall–Kier alpha value is -6.85. The molecule has 5 aromatic carbocycles. The Morgan fingerprint density at radius 2 is 0.857 bits per heavy atom. The Balaban J connectivity index is 1.16. The van der Waals surface area contributed by atoms with E-state index in [9.17, 15) is 14.4 Å². The zero-order chi connectivity index (χ0) is 44.5. The highest BCUT2D eigenvalue weighted by Gasteiger charge is 2.20. The Bertz CT molecular complexity index is 2330. The summed E-state index contributed by atoms with van der Waals surface area (Å²) in [6, 6.07) is 32.5. The van der Waals surface area contributed by atoms with Crippen molar-refractivity contribution in [2.45, 2.75) is 71.1 Å². The van der Waals surface area contributed by atoms with E-state index in [-0.39, 0.29) is 48.0 Å². The fourth-order valence-electron chi connectivity index (χ4n) is 5.98. The van der Waals surface area contributed by atoms with Crippen molar-refractivity contribution >= 4 is 17.9 Å². The average Bonchev–Trinajstić information content (AvgIpc) is 3.31. The first kappa shape index (κ1) is 47.2. The van der Waals surface area contributed by atoms with E-state index in [1.54, 1.807) is 48.5 Å². The third-order valence-corrected chi connectivity index (χ3v) is 9.61. The number of rotatable bonds is 22. The maximum Gasteiger partial charge on any atom is 0.343 e. The van der Waals surface area contributed by atoms with E-state index in [1.165, 1.54) is 18.2 Å². The molecule has 5 aromatic rings. The zero-order valence-corrected chi connectivity index (χ0v) is 35.7. The number of unbranched alkanes of at least 4 members (excludes halogenated alkanes) is 7. The van der Waals surface area contributed by atoms with Crippen LogP contribution >= 0.6 is 0 Å². The highest BCUT2D eigenvalue weighted by Crippen LogP contribution is 2.27. The molecule has 10 heteroatoms. The molecule has 0 amide bonds. The topological polar surface area (TPSA) is 138 Å². The minimum Gasteiger partial charge on any atom is -0.494 e. The van der Waals surface area contributed by atoms with Crippen LogP contribution in [0.5, 0.6) is 23.0 Å². The minimum atomic E-state index is -0.723. The number of carbonyl (C=O) groups is 3. The van der Waals surface area contributed by atoms with Crippen molar-refractivity contribution < 1.29 is 48.3 Å². The predicted octanol–water partition coefficient (Wildman–Crippen LogP) is 9.74. The number of aliphatic hydroxyl groups excluding tert-OH is 2. The van der Waals surface area contributed by atoms with Crippen molar-refractivity contribution in [1.82, 2.24) is 0 Å². The molecule has 0 atom stereocenters. The van der Waals surface area contributed by atoms with Crippen LogP contribution in [0.25, 0.3) is 0 Å². The van der Waals surface area contributed by atoms with E-state index in [2.05, 4.69) is 23.7 Å². The van der Waals surface area contributed by atoms with Crippen molar-refractivity contribution in [3.63, 3.8) is 0 Å². The molecular formula is C53H54O10. The smallest absolute Gasteiger partial charge is 0.343 e. The summed E-state index contributed by atoms with van der Waals surface area (Å²) < 4.78 is 28.3. The molecule has 0 saturated heterocycles. The summed E-state index contributed by atoms with van der Waals surface area (Å²) in [7, 11) is 0. The molecule has 5 rings (SSSR count). The van der Waals surface area contributed by atoms with Crippen molar-refractivity contribution in [1.29, 1.82) is 0 Å². The van der Waals surface area contributed by atoms with Gasteiger partial charge in [-0.1, -0.05) is 49.9 Å². The number of ether oxygens (including phenoxy) is 5. The van der Waals surface area contributed by atoms with Crippen molar-refractivity contribution in [2.75, 3.05) is 33.0 Å². The summed E-state index contributed by atoms with van der Waals surface area (Å²) in [6.45, 7) is 3.82. The Labute approximate surface area is 370 Å². The van der Waals surface area contributed by atoms with Gasteiger partial charge in [-0.3, -0.25) is 0 Å². The van der Waals surface area contributed by atoms with Crippen LogP contribution in [0.4, 0.5) is 0 Å². The SMILES string of the molecule is CCCCOC(=O)c1cc(OC(=O)c2ccc(C#Cc3ccc(OCCCCCCO)cc3)cc2)ccc1OC(=O)c1ccc(C#Cc2ccc(OCCCCCCO)cc2)cc1. The lowest BCUT2D eigenvalue weighted by atomic mass is 10.1. The number of esters is 3. The van der Waals surface area contributed by atoms with E-state index in [4.69, 9.17) is 33.9 Å². The molecule has 0 unspecified atom stereocenters. The van der Waals surface area contributed by atoms with Crippen LogP contribution in [0.15, 0.2) is 115 Å². The highest BCUT2D eigenvalue weighted by atomic mass is 16.6. The third kappa shape index (κ3) is 16.5. The molecule has 0 radical (unpaired) electrons. The lowest BCUT2D eigenvalue weighted by Crippen LogP contribution is -2.14. The maximum atomic E-state index is 13.3. The van der Waals surface area contributed by atoms with Crippen LogP contribution in [0, 0.1) is 23.7 Å². The van der Waals surface area contributed by atoms with Crippen LogP contribution in [0.2, 0.25) is 0 Å². The second kappa shape index (κ2) is 26.5. The second-order valence-corrected chi connectivity index (χ2v) is 14.6. The van der Waals surface area contributed by atoms with E-state index >= 15 is 0 Å². The van der Waals surface area contributed by atoms with E-state index in [0.29, 0.717) is 30.8 Å². The van der Waals surface area contributed by atoms with Gasteiger partial charge >= 0.3 is 17.9 Å². The van der Waals surface area contributed by atoms with Gasteiger partial charge in [0.05, 0.1) is 30.9 Å². The molecule has 0 saturated carbocycles. The Kier molecular flexibility index (Phi) is 19.8. The maximum absolute atomic E-state index is 13.3. The molecule has 2 N–H and O–H groups in total. The van der Waals surface area contributed by atoms with Gasteiger partial charge in [0.2, 0.25) is 0 Å². The molecule has 0 spiro atoms. The normalized spacial score (nSPS) is 10.4. The van der Waals surface area contributed by atoms with Crippen molar-refractivity contribution in [2.24, 2.45) is 0 Å². The van der Waals surface area contributed by atoms with Crippen molar-refractivity contribution in [3.8, 4) is 46.7 Å². The van der Waals surface area contributed by atoms with Gasteiger partial charge < -0.3 is 33.9 Å². The molecule has 326 valence electrons. The van der Waals surface area contributed by atoms with Crippen LogP contribution in [0.1, 0.15) is 124 Å². The van der Waals surface area contributed by atoms with Crippen LogP contribution in [-0.4, -0.2) is 61.2 Å². The monoisotopic (exact) mass is 850 g/mol. The van der Waals surface area contributed by atoms with Gasteiger partial charge in [0.1, 0.15) is 28.6 Å². The van der Waals surface area contributed by atoms with Gasteiger partial charge in [-0.05, 0) is 160 Å². The van der Waals surface area contributed by atoms with E-state index in [1.807, 2.05) is 55.5 Å². The average molecular weight is 851 g/mol. The molecule has 0 heterocycles. The summed E-state index contributed by atoms with van der Waals surface area (Å²) in [5, 5.41) is 17.8. The first-order valence-electron chi connectivity index (χ1n) is 21.5. The van der Waals surface area contributed by atoms with Gasteiger partial charge in [-0.2, -0.15) is 0 Å². The molecule has 10 nitrogen and oxygen atoms in total.